The third-order valence-corrected chi connectivity index (χ3v) is 8.54. The van der Waals surface area contributed by atoms with Crippen LogP contribution in [0.15, 0.2) is 48.7 Å². The van der Waals surface area contributed by atoms with Gasteiger partial charge in [-0.15, -0.1) is 0 Å². The Kier molecular flexibility index (Phi) is 5.28. The molecule has 2 heterocycles. The topological polar surface area (TPSA) is 82.8 Å². The zero-order valence-electron chi connectivity index (χ0n) is 16.6. The van der Waals surface area contributed by atoms with Crippen LogP contribution in [0.25, 0.3) is 17.2 Å². The number of nitriles is 1. The Balaban J connectivity index is 1.56. The number of nitrogens with zero attached hydrogens (tertiary/aromatic N) is 2. The third kappa shape index (κ3) is 3.73. The van der Waals surface area contributed by atoms with Crippen LogP contribution in [-0.4, -0.2) is 25.2 Å². The minimum absolute atomic E-state index is 0.115. The second kappa shape index (κ2) is 7.74. The number of hydrogen-bond donors (Lipinski definition) is 1. The Morgan fingerprint density at radius 1 is 1.21 bits per heavy atom. The molecule has 5 nitrogen and oxygen atoms in total. The van der Waals surface area contributed by atoms with Gasteiger partial charge in [-0.05, 0) is 48.3 Å². The molecule has 1 saturated carbocycles. The lowest BCUT2D eigenvalue weighted by Gasteiger charge is -2.39. The Hall–Kier alpha value is -2.49. The van der Waals surface area contributed by atoms with E-state index in [1.54, 1.807) is 12.3 Å². The van der Waals surface area contributed by atoms with Gasteiger partial charge in [0.2, 0.25) is 10.0 Å². The molecule has 1 aliphatic carbocycles. The average molecular weight is 408 g/mol. The SMILES string of the molecule is C[C@H]1[C@H](C=Cc2ccc(-c3ccccc3C#N)cn2)[C@@H]2CNS(=O)(=O)[C@@H]2C[C@@H]1C. The number of sulfonamides is 1. The molecule has 1 aromatic heterocycles. The van der Waals surface area contributed by atoms with E-state index in [1.807, 2.05) is 36.4 Å². The highest BCUT2D eigenvalue weighted by Crippen LogP contribution is 2.44. The predicted octanol–water partition coefficient (Wildman–Crippen LogP) is 3.84. The fourth-order valence-corrected chi connectivity index (χ4v) is 6.67. The van der Waals surface area contributed by atoms with E-state index in [-0.39, 0.29) is 17.1 Å². The highest BCUT2D eigenvalue weighted by atomic mass is 32.2. The van der Waals surface area contributed by atoms with E-state index in [9.17, 15) is 13.7 Å². The lowest BCUT2D eigenvalue weighted by atomic mass is 9.67. The number of nitrogens with one attached hydrogen (secondary N) is 1. The Morgan fingerprint density at radius 3 is 2.72 bits per heavy atom. The van der Waals surface area contributed by atoms with Crippen LogP contribution >= 0.6 is 0 Å². The van der Waals surface area contributed by atoms with E-state index in [0.717, 1.165) is 23.2 Å². The number of allylic oxidation sites excluding steroid dienone is 1. The Morgan fingerprint density at radius 2 is 2.00 bits per heavy atom. The van der Waals surface area contributed by atoms with Crippen molar-refractivity contribution in [3.8, 4) is 17.2 Å². The van der Waals surface area contributed by atoms with Crippen LogP contribution in [-0.2, 0) is 10.0 Å². The molecule has 0 radical (unpaired) electrons. The van der Waals surface area contributed by atoms with Gasteiger partial charge in [0.15, 0.2) is 0 Å². The summed E-state index contributed by atoms with van der Waals surface area (Å²) in [6.45, 7) is 4.89. The molecule has 1 N–H and O–H groups in total. The molecule has 150 valence electrons. The summed E-state index contributed by atoms with van der Waals surface area (Å²) in [6, 6.07) is 13.6. The molecule has 0 amide bonds. The van der Waals surface area contributed by atoms with Gasteiger partial charge in [0, 0.05) is 23.9 Å². The first-order chi connectivity index (χ1) is 13.9. The zero-order valence-corrected chi connectivity index (χ0v) is 17.4. The maximum atomic E-state index is 12.3. The van der Waals surface area contributed by atoms with Crippen molar-refractivity contribution >= 4 is 16.1 Å². The monoisotopic (exact) mass is 407 g/mol. The molecule has 2 fully saturated rings. The first-order valence-electron chi connectivity index (χ1n) is 10.0. The van der Waals surface area contributed by atoms with Gasteiger partial charge in [0.1, 0.15) is 0 Å². The molecule has 2 aliphatic rings. The summed E-state index contributed by atoms with van der Waals surface area (Å²) < 4.78 is 27.4. The number of hydrogen-bond acceptors (Lipinski definition) is 4. The maximum absolute atomic E-state index is 12.3. The number of aromatic nitrogens is 1. The van der Waals surface area contributed by atoms with Crippen molar-refractivity contribution in [2.75, 3.05) is 6.54 Å². The number of fused-ring (bicyclic) bond motifs is 1. The molecule has 4 rings (SSSR count). The van der Waals surface area contributed by atoms with Crippen molar-refractivity contribution in [1.29, 1.82) is 5.26 Å². The molecule has 6 heteroatoms. The predicted molar refractivity (Wildman–Crippen MR) is 114 cm³/mol. The standard InChI is InChI=1S/C23H25N3O2S/c1-15-11-23-22(14-26-29(23,27)28)20(16(15)2)10-9-19-8-7-18(13-25-19)21-6-4-3-5-17(21)12-24/h3-10,13,15-16,20,22-23,26H,11,14H2,1-2H3/t15-,16+,20-,22-,23+/m0/s1. The van der Waals surface area contributed by atoms with E-state index in [2.05, 4.69) is 35.7 Å². The average Bonchev–Trinajstić information content (AvgIpc) is 3.03. The van der Waals surface area contributed by atoms with Crippen LogP contribution in [0, 0.1) is 35.0 Å². The second-order valence-electron chi connectivity index (χ2n) is 8.23. The third-order valence-electron chi connectivity index (χ3n) is 6.63. The van der Waals surface area contributed by atoms with Crippen LogP contribution in [0.2, 0.25) is 0 Å². The summed E-state index contributed by atoms with van der Waals surface area (Å²) in [5, 5.41) is 9.00. The smallest absolute Gasteiger partial charge is 0.214 e. The molecule has 29 heavy (non-hydrogen) atoms. The zero-order chi connectivity index (χ0) is 20.6. The van der Waals surface area contributed by atoms with E-state index < -0.39 is 10.0 Å². The summed E-state index contributed by atoms with van der Waals surface area (Å²) in [5.74, 6) is 1.10. The Bertz CT molecular complexity index is 1070. The summed E-state index contributed by atoms with van der Waals surface area (Å²) in [5.41, 5.74) is 3.24. The van der Waals surface area contributed by atoms with Gasteiger partial charge >= 0.3 is 0 Å². The van der Waals surface area contributed by atoms with Gasteiger partial charge in [-0.25, -0.2) is 13.1 Å². The Labute approximate surface area is 172 Å². The maximum Gasteiger partial charge on any atom is 0.214 e. The van der Waals surface area contributed by atoms with Crippen LogP contribution in [0.1, 0.15) is 31.5 Å². The molecule has 0 bridgehead atoms. The number of benzene rings is 1. The second-order valence-corrected chi connectivity index (χ2v) is 10.2. The molecule has 1 saturated heterocycles. The van der Waals surface area contributed by atoms with Crippen LogP contribution < -0.4 is 4.72 Å². The van der Waals surface area contributed by atoms with Crippen molar-refractivity contribution in [3.05, 3.63) is 59.9 Å². The van der Waals surface area contributed by atoms with Gasteiger partial charge in [0.05, 0.1) is 22.6 Å². The highest BCUT2D eigenvalue weighted by molar-refractivity contribution is 7.90. The van der Waals surface area contributed by atoms with Crippen LogP contribution in [0.4, 0.5) is 0 Å². The fourth-order valence-electron chi connectivity index (χ4n) is 4.74. The van der Waals surface area contributed by atoms with E-state index in [0.29, 0.717) is 23.9 Å². The quantitative estimate of drug-likeness (QED) is 0.838. The molecule has 1 aliphatic heterocycles. The molecular formula is C23H25N3O2S. The summed E-state index contributed by atoms with van der Waals surface area (Å²) in [7, 11) is -3.19. The van der Waals surface area contributed by atoms with Gasteiger partial charge < -0.3 is 0 Å². The van der Waals surface area contributed by atoms with E-state index in [4.69, 9.17) is 0 Å². The summed E-state index contributed by atoms with van der Waals surface area (Å²) in [6.07, 6.45) is 6.66. The van der Waals surface area contributed by atoms with Crippen LogP contribution in [0.5, 0.6) is 0 Å². The van der Waals surface area contributed by atoms with Crippen molar-refractivity contribution in [3.63, 3.8) is 0 Å². The first-order valence-corrected chi connectivity index (χ1v) is 11.6. The van der Waals surface area contributed by atoms with Crippen LogP contribution in [0.3, 0.4) is 0 Å². The van der Waals surface area contributed by atoms with E-state index >= 15 is 0 Å². The summed E-state index contributed by atoms with van der Waals surface area (Å²) >= 11 is 0. The van der Waals surface area contributed by atoms with Gasteiger partial charge in [-0.2, -0.15) is 5.26 Å². The molecule has 0 spiro atoms. The van der Waals surface area contributed by atoms with Crippen molar-refractivity contribution < 1.29 is 8.42 Å². The minimum Gasteiger partial charge on any atom is -0.256 e. The number of rotatable bonds is 3. The van der Waals surface area contributed by atoms with Crippen molar-refractivity contribution in [2.24, 2.45) is 23.7 Å². The summed E-state index contributed by atoms with van der Waals surface area (Å²) in [4.78, 5) is 4.54. The molecule has 1 aromatic carbocycles. The van der Waals surface area contributed by atoms with Crippen molar-refractivity contribution in [2.45, 2.75) is 25.5 Å². The van der Waals surface area contributed by atoms with Gasteiger partial charge in [-0.1, -0.05) is 44.2 Å². The van der Waals surface area contributed by atoms with E-state index in [1.165, 1.54) is 0 Å². The lowest BCUT2D eigenvalue weighted by Crippen LogP contribution is -2.40. The minimum atomic E-state index is -3.19. The lowest BCUT2D eigenvalue weighted by molar-refractivity contribution is 0.163. The normalized spacial score (nSPS) is 30.7. The number of pyridine rings is 1. The van der Waals surface area contributed by atoms with Crippen molar-refractivity contribution in [1.82, 2.24) is 9.71 Å². The molecule has 2 aromatic rings. The molecule has 0 unspecified atom stereocenters. The highest BCUT2D eigenvalue weighted by Gasteiger charge is 2.49. The fraction of sp³-hybridized carbons (Fsp3) is 0.391. The first kappa shape index (κ1) is 19.8. The molecular weight excluding hydrogens is 382 g/mol. The van der Waals surface area contributed by atoms with Gasteiger partial charge in [0.25, 0.3) is 0 Å². The van der Waals surface area contributed by atoms with Gasteiger partial charge in [-0.3, -0.25) is 4.98 Å². The largest absolute Gasteiger partial charge is 0.256 e. The molecule has 5 atom stereocenters.